The molecule has 4 aromatic rings. The first-order chi connectivity index (χ1) is 9.43. The normalized spacial score (nSPS) is 11.2. The van der Waals surface area contributed by atoms with Crippen LogP contribution in [0.1, 0.15) is 0 Å². The Balaban J connectivity index is 2.17. The third kappa shape index (κ3) is 1.63. The van der Waals surface area contributed by atoms with E-state index < -0.39 is 0 Å². The Kier molecular flexibility index (Phi) is 2.32. The van der Waals surface area contributed by atoms with Crippen molar-refractivity contribution in [1.82, 2.24) is 9.97 Å². The van der Waals surface area contributed by atoms with Gasteiger partial charge in [-0.2, -0.15) is 0 Å². The molecule has 19 heavy (non-hydrogen) atoms. The number of hydrogen-bond donors (Lipinski definition) is 0. The summed E-state index contributed by atoms with van der Waals surface area (Å²) in [6.07, 6.45) is 1.82. The second-order valence-electron chi connectivity index (χ2n) is 4.39. The van der Waals surface area contributed by atoms with Crippen molar-refractivity contribution in [2.24, 2.45) is 0 Å². The van der Waals surface area contributed by atoms with Gasteiger partial charge in [-0.3, -0.25) is 4.98 Å². The summed E-state index contributed by atoms with van der Waals surface area (Å²) in [6.45, 7) is 0. The number of nitrogens with zero attached hydrogens (tertiary/aromatic N) is 2. The molecule has 0 radical (unpaired) electrons. The zero-order valence-electron chi connectivity index (χ0n) is 10.1. The molecule has 3 heteroatoms. The Hall–Kier alpha value is -2.26. The van der Waals surface area contributed by atoms with E-state index in [2.05, 4.69) is 40.3 Å². The van der Waals surface area contributed by atoms with Gasteiger partial charge in [0.25, 0.3) is 0 Å². The van der Waals surface area contributed by atoms with Gasteiger partial charge >= 0.3 is 0 Å². The summed E-state index contributed by atoms with van der Waals surface area (Å²) in [5.41, 5.74) is 5.03. The molecule has 2 heterocycles. The Morgan fingerprint density at radius 2 is 1.79 bits per heavy atom. The van der Waals surface area contributed by atoms with E-state index in [0.29, 0.717) is 0 Å². The lowest BCUT2D eigenvalue weighted by atomic mass is 10.0. The summed E-state index contributed by atoms with van der Waals surface area (Å²) >= 11 is 1.69. The van der Waals surface area contributed by atoms with Gasteiger partial charge in [-0.15, -0.1) is 11.3 Å². The lowest BCUT2D eigenvalue weighted by molar-refractivity contribution is 1.33. The summed E-state index contributed by atoms with van der Waals surface area (Å²) in [5, 5.41) is 2.50. The van der Waals surface area contributed by atoms with Crippen LogP contribution in [0, 0.1) is 0 Å². The molecule has 0 spiro atoms. The van der Waals surface area contributed by atoms with Gasteiger partial charge in [0.15, 0.2) is 0 Å². The second kappa shape index (κ2) is 4.14. The minimum Gasteiger partial charge on any atom is -0.256 e. The second-order valence-corrected chi connectivity index (χ2v) is 5.25. The van der Waals surface area contributed by atoms with Crippen LogP contribution in [0.3, 0.4) is 0 Å². The molecule has 0 atom stereocenters. The molecule has 2 aromatic heterocycles. The van der Waals surface area contributed by atoms with Gasteiger partial charge in [-0.05, 0) is 23.6 Å². The third-order valence-electron chi connectivity index (χ3n) is 3.27. The first-order valence-corrected chi connectivity index (χ1v) is 6.98. The van der Waals surface area contributed by atoms with Crippen molar-refractivity contribution in [3.8, 4) is 11.3 Å². The predicted molar refractivity (Wildman–Crippen MR) is 80.4 cm³/mol. The number of benzene rings is 2. The maximum absolute atomic E-state index is 4.52. The van der Waals surface area contributed by atoms with Crippen molar-refractivity contribution in [1.29, 1.82) is 0 Å². The van der Waals surface area contributed by atoms with Crippen LogP contribution < -0.4 is 0 Å². The molecular weight excluding hydrogens is 252 g/mol. The van der Waals surface area contributed by atoms with Crippen LogP contribution in [0.4, 0.5) is 0 Å². The van der Waals surface area contributed by atoms with E-state index in [1.165, 1.54) is 15.5 Å². The van der Waals surface area contributed by atoms with Crippen LogP contribution in [0.5, 0.6) is 0 Å². The molecular formula is C16H10N2S. The molecule has 2 nitrogen and oxygen atoms in total. The van der Waals surface area contributed by atoms with Crippen molar-refractivity contribution >= 4 is 32.3 Å². The first-order valence-electron chi connectivity index (χ1n) is 6.10. The van der Waals surface area contributed by atoms with E-state index in [4.69, 9.17) is 0 Å². The number of aromatic nitrogens is 2. The van der Waals surface area contributed by atoms with E-state index in [1.807, 2.05) is 29.9 Å². The quantitative estimate of drug-likeness (QED) is 0.504. The SMILES string of the molecule is c1ccc(-c2cc3ccccc3c3scnc23)nc1. The molecule has 0 amide bonds. The van der Waals surface area contributed by atoms with Crippen LogP contribution in [-0.4, -0.2) is 9.97 Å². The lowest BCUT2D eigenvalue weighted by Gasteiger charge is -2.05. The van der Waals surface area contributed by atoms with Gasteiger partial charge < -0.3 is 0 Å². The Morgan fingerprint density at radius 1 is 0.895 bits per heavy atom. The highest BCUT2D eigenvalue weighted by Crippen LogP contribution is 2.35. The number of fused-ring (bicyclic) bond motifs is 3. The zero-order chi connectivity index (χ0) is 12.7. The van der Waals surface area contributed by atoms with Gasteiger partial charge in [0.1, 0.15) is 0 Å². The van der Waals surface area contributed by atoms with E-state index in [-0.39, 0.29) is 0 Å². The van der Waals surface area contributed by atoms with Gasteiger partial charge in [0.05, 0.1) is 21.4 Å². The van der Waals surface area contributed by atoms with Crippen LogP contribution >= 0.6 is 11.3 Å². The van der Waals surface area contributed by atoms with Crippen molar-refractivity contribution in [2.75, 3.05) is 0 Å². The molecule has 0 bridgehead atoms. The van der Waals surface area contributed by atoms with Gasteiger partial charge in [-0.1, -0.05) is 30.3 Å². The van der Waals surface area contributed by atoms with Crippen molar-refractivity contribution in [2.45, 2.75) is 0 Å². The van der Waals surface area contributed by atoms with Crippen molar-refractivity contribution in [3.63, 3.8) is 0 Å². The molecule has 0 fully saturated rings. The van der Waals surface area contributed by atoms with Crippen LogP contribution in [0.2, 0.25) is 0 Å². The van der Waals surface area contributed by atoms with Crippen LogP contribution in [0.25, 0.3) is 32.2 Å². The highest BCUT2D eigenvalue weighted by molar-refractivity contribution is 7.17. The fourth-order valence-electron chi connectivity index (χ4n) is 2.40. The predicted octanol–water partition coefficient (Wildman–Crippen LogP) is 4.51. The molecule has 2 aromatic carbocycles. The number of pyridine rings is 1. The minimum atomic E-state index is 0.976. The fourth-order valence-corrected chi connectivity index (χ4v) is 3.25. The molecule has 0 unspecified atom stereocenters. The molecule has 4 rings (SSSR count). The van der Waals surface area contributed by atoms with E-state index in [0.717, 1.165) is 16.8 Å². The molecule has 0 saturated carbocycles. The Labute approximate surface area is 114 Å². The standard InChI is InChI=1S/C16H10N2S/c1-2-6-12-11(5-1)9-13(14-7-3-4-8-17-14)15-16(12)19-10-18-15/h1-10H. The number of hydrogen-bond acceptors (Lipinski definition) is 3. The average Bonchev–Trinajstić information content (AvgIpc) is 2.97. The number of rotatable bonds is 1. The molecule has 0 aliphatic rings. The van der Waals surface area contributed by atoms with Crippen molar-refractivity contribution < 1.29 is 0 Å². The fraction of sp³-hybridized carbons (Fsp3) is 0. The molecule has 90 valence electrons. The highest BCUT2D eigenvalue weighted by Gasteiger charge is 2.11. The molecule has 0 aliphatic heterocycles. The summed E-state index contributed by atoms with van der Waals surface area (Å²) in [7, 11) is 0. The van der Waals surface area contributed by atoms with Gasteiger partial charge in [0, 0.05) is 17.1 Å². The monoisotopic (exact) mass is 262 g/mol. The topological polar surface area (TPSA) is 25.8 Å². The maximum atomic E-state index is 4.52. The van der Waals surface area contributed by atoms with Gasteiger partial charge in [0.2, 0.25) is 0 Å². The summed E-state index contributed by atoms with van der Waals surface area (Å²) in [6, 6.07) is 16.6. The minimum absolute atomic E-state index is 0.976. The smallest absolute Gasteiger partial charge is 0.0912 e. The van der Waals surface area contributed by atoms with E-state index >= 15 is 0 Å². The summed E-state index contributed by atoms with van der Waals surface area (Å²) < 4.78 is 1.23. The lowest BCUT2D eigenvalue weighted by Crippen LogP contribution is -1.85. The van der Waals surface area contributed by atoms with Crippen molar-refractivity contribution in [3.05, 3.63) is 60.2 Å². The van der Waals surface area contributed by atoms with E-state index in [1.54, 1.807) is 11.3 Å². The Bertz CT molecular complexity index is 866. The Morgan fingerprint density at radius 3 is 2.68 bits per heavy atom. The molecule has 0 saturated heterocycles. The summed E-state index contributed by atoms with van der Waals surface area (Å²) in [5.74, 6) is 0. The first kappa shape index (κ1) is 10.6. The number of thiazole rings is 1. The molecule has 0 aliphatic carbocycles. The third-order valence-corrected chi connectivity index (χ3v) is 4.13. The van der Waals surface area contributed by atoms with E-state index in [9.17, 15) is 0 Å². The maximum Gasteiger partial charge on any atom is 0.0912 e. The largest absolute Gasteiger partial charge is 0.256 e. The van der Waals surface area contributed by atoms with Gasteiger partial charge in [-0.25, -0.2) is 4.98 Å². The highest BCUT2D eigenvalue weighted by atomic mass is 32.1. The van der Waals surface area contributed by atoms with Crippen LogP contribution in [-0.2, 0) is 0 Å². The summed E-state index contributed by atoms with van der Waals surface area (Å²) in [4.78, 5) is 8.97. The zero-order valence-corrected chi connectivity index (χ0v) is 10.9. The molecule has 0 N–H and O–H groups in total. The van der Waals surface area contributed by atoms with Crippen LogP contribution in [0.15, 0.2) is 60.2 Å². The average molecular weight is 262 g/mol.